The Balaban J connectivity index is 2.01. The van der Waals surface area contributed by atoms with Gasteiger partial charge in [-0.25, -0.2) is 0 Å². The topological polar surface area (TPSA) is 72.4 Å². The molecular formula is C12H19N3O2. The van der Waals surface area contributed by atoms with Gasteiger partial charge in [0.2, 0.25) is 5.91 Å². The highest BCUT2D eigenvalue weighted by molar-refractivity contribution is 5.79. The Hall–Kier alpha value is -1.36. The summed E-state index contributed by atoms with van der Waals surface area (Å²) in [4.78, 5) is 14.0. The zero-order valence-corrected chi connectivity index (χ0v) is 10.4. The predicted molar refractivity (Wildman–Crippen MR) is 63.5 cm³/mol. The number of carbonyl (C=O) groups excluding carboxylic acids is 1. The van der Waals surface area contributed by atoms with E-state index >= 15 is 0 Å². The molecule has 5 nitrogen and oxygen atoms in total. The number of piperidine rings is 1. The van der Waals surface area contributed by atoms with Crippen LogP contribution in [0.4, 0.5) is 0 Å². The molecule has 2 heterocycles. The summed E-state index contributed by atoms with van der Waals surface area (Å²) in [5.41, 5.74) is 7.59. The van der Waals surface area contributed by atoms with Gasteiger partial charge in [-0.3, -0.25) is 4.79 Å². The van der Waals surface area contributed by atoms with E-state index < -0.39 is 0 Å². The number of likely N-dealkylation sites (tertiary alicyclic amines) is 1. The van der Waals surface area contributed by atoms with Gasteiger partial charge in [0.05, 0.1) is 12.1 Å². The van der Waals surface area contributed by atoms with Gasteiger partial charge in [0.15, 0.2) is 0 Å². The third-order valence-corrected chi connectivity index (χ3v) is 3.32. The molecule has 1 amide bonds. The molecule has 2 N–H and O–H groups in total. The Morgan fingerprint density at radius 3 is 2.94 bits per heavy atom. The molecule has 0 bridgehead atoms. The van der Waals surface area contributed by atoms with Crippen molar-refractivity contribution >= 4 is 5.91 Å². The molecule has 2 rings (SSSR count). The van der Waals surface area contributed by atoms with Gasteiger partial charge in [0.1, 0.15) is 5.76 Å². The van der Waals surface area contributed by atoms with E-state index in [-0.39, 0.29) is 11.9 Å². The number of amides is 1. The summed E-state index contributed by atoms with van der Waals surface area (Å²) in [6.07, 6.45) is 2.37. The van der Waals surface area contributed by atoms with Crippen LogP contribution in [0, 0.1) is 13.8 Å². The van der Waals surface area contributed by atoms with E-state index in [0.29, 0.717) is 13.0 Å². The highest BCUT2D eigenvalue weighted by Crippen LogP contribution is 2.16. The van der Waals surface area contributed by atoms with Gasteiger partial charge in [0, 0.05) is 24.7 Å². The second-order valence-electron chi connectivity index (χ2n) is 4.72. The Bertz CT molecular complexity index is 394. The van der Waals surface area contributed by atoms with E-state index in [1.165, 1.54) is 0 Å². The molecular weight excluding hydrogens is 218 g/mol. The van der Waals surface area contributed by atoms with E-state index in [2.05, 4.69) is 5.16 Å². The molecule has 1 aromatic rings. The third kappa shape index (κ3) is 2.66. The van der Waals surface area contributed by atoms with Gasteiger partial charge in [-0.15, -0.1) is 0 Å². The second-order valence-corrected chi connectivity index (χ2v) is 4.72. The summed E-state index contributed by atoms with van der Waals surface area (Å²) in [6.45, 7) is 5.18. The predicted octanol–water partition coefficient (Wildman–Crippen LogP) is 0.784. The van der Waals surface area contributed by atoms with Crippen molar-refractivity contribution in [1.29, 1.82) is 0 Å². The summed E-state index contributed by atoms with van der Waals surface area (Å²) in [5.74, 6) is 0.853. The molecule has 94 valence electrons. The minimum absolute atomic E-state index is 0.120. The molecule has 1 atom stereocenters. The number of aromatic nitrogens is 1. The number of nitrogens with zero attached hydrogens (tertiary/aromatic N) is 2. The van der Waals surface area contributed by atoms with E-state index in [4.69, 9.17) is 10.3 Å². The molecule has 1 aromatic heterocycles. The Morgan fingerprint density at radius 1 is 1.59 bits per heavy atom. The van der Waals surface area contributed by atoms with E-state index in [9.17, 15) is 4.79 Å². The first-order valence-electron chi connectivity index (χ1n) is 6.03. The number of aryl methyl sites for hydroxylation is 2. The van der Waals surface area contributed by atoms with Gasteiger partial charge < -0.3 is 15.2 Å². The van der Waals surface area contributed by atoms with Crippen LogP contribution in [0.3, 0.4) is 0 Å². The summed E-state index contributed by atoms with van der Waals surface area (Å²) in [7, 11) is 0. The fourth-order valence-electron chi connectivity index (χ4n) is 2.25. The summed E-state index contributed by atoms with van der Waals surface area (Å²) in [5, 5.41) is 3.86. The zero-order valence-electron chi connectivity index (χ0n) is 10.4. The SMILES string of the molecule is Cc1noc(C)c1CC(=O)N1CCCC(N)C1. The molecule has 17 heavy (non-hydrogen) atoms. The highest BCUT2D eigenvalue weighted by atomic mass is 16.5. The quantitative estimate of drug-likeness (QED) is 0.825. The van der Waals surface area contributed by atoms with Gasteiger partial charge in [0.25, 0.3) is 0 Å². The Labute approximate surface area is 101 Å². The smallest absolute Gasteiger partial charge is 0.227 e. The van der Waals surface area contributed by atoms with Crippen LogP contribution in [0.25, 0.3) is 0 Å². The number of carbonyl (C=O) groups is 1. The van der Waals surface area contributed by atoms with Gasteiger partial charge in [-0.2, -0.15) is 0 Å². The average molecular weight is 237 g/mol. The van der Waals surface area contributed by atoms with Crippen LogP contribution >= 0.6 is 0 Å². The lowest BCUT2D eigenvalue weighted by atomic mass is 10.0. The highest BCUT2D eigenvalue weighted by Gasteiger charge is 2.23. The molecule has 1 aliphatic rings. The molecule has 0 spiro atoms. The number of nitrogens with two attached hydrogens (primary N) is 1. The van der Waals surface area contributed by atoms with Crippen molar-refractivity contribution in [3.8, 4) is 0 Å². The summed E-state index contributed by atoms with van der Waals surface area (Å²) < 4.78 is 5.06. The zero-order chi connectivity index (χ0) is 12.4. The van der Waals surface area contributed by atoms with E-state index in [0.717, 1.165) is 36.4 Å². The van der Waals surface area contributed by atoms with Crippen LogP contribution in [0.1, 0.15) is 29.9 Å². The lowest BCUT2D eigenvalue weighted by molar-refractivity contribution is -0.131. The maximum Gasteiger partial charge on any atom is 0.227 e. The molecule has 0 saturated carbocycles. The Kier molecular flexibility index (Phi) is 3.47. The van der Waals surface area contributed by atoms with Crippen molar-refractivity contribution in [1.82, 2.24) is 10.1 Å². The Morgan fingerprint density at radius 2 is 2.35 bits per heavy atom. The molecule has 1 unspecified atom stereocenters. The van der Waals surface area contributed by atoms with Gasteiger partial charge in [-0.05, 0) is 26.7 Å². The first kappa shape index (κ1) is 12.1. The van der Waals surface area contributed by atoms with Crippen LogP contribution in [-0.2, 0) is 11.2 Å². The lowest BCUT2D eigenvalue weighted by Crippen LogP contribution is -2.46. The molecule has 1 saturated heterocycles. The first-order chi connectivity index (χ1) is 8.08. The molecule has 1 fully saturated rings. The number of rotatable bonds is 2. The summed E-state index contributed by atoms with van der Waals surface area (Å²) >= 11 is 0. The monoisotopic (exact) mass is 237 g/mol. The number of hydrogen-bond donors (Lipinski definition) is 1. The van der Waals surface area contributed by atoms with Crippen LogP contribution < -0.4 is 5.73 Å². The van der Waals surface area contributed by atoms with E-state index in [1.807, 2.05) is 18.7 Å². The molecule has 0 aliphatic carbocycles. The maximum atomic E-state index is 12.1. The molecule has 5 heteroatoms. The van der Waals surface area contributed by atoms with Crippen LogP contribution in [-0.4, -0.2) is 35.1 Å². The molecule has 1 aliphatic heterocycles. The van der Waals surface area contributed by atoms with Crippen LogP contribution in [0.2, 0.25) is 0 Å². The minimum Gasteiger partial charge on any atom is -0.361 e. The van der Waals surface area contributed by atoms with Crippen molar-refractivity contribution in [2.75, 3.05) is 13.1 Å². The van der Waals surface area contributed by atoms with Crippen molar-refractivity contribution in [3.63, 3.8) is 0 Å². The molecule has 0 aromatic carbocycles. The number of hydrogen-bond acceptors (Lipinski definition) is 4. The minimum atomic E-state index is 0.120. The first-order valence-corrected chi connectivity index (χ1v) is 6.03. The van der Waals surface area contributed by atoms with E-state index in [1.54, 1.807) is 0 Å². The van der Waals surface area contributed by atoms with Gasteiger partial charge >= 0.3 is 0 Å². The maximum absolute atomic E-state index is 12.1. The summed E-state index contributed by atoms with van der Waals surface area (Å²) in [6, 6.07) is 0.123. The lowest BCUT2D eigenvalue weighted by Gasteiger charge is -2.30. The van der Waals surface area contributed by atoms with Crippen molar-refractivity contribution in [2.45, 2.75) is 39.2 Å². The van der Waals surface area contributed by atoms with Gasteiger partial charge in [-0.1, -0.05) is 5.16 Å². The largest absolute Gasteiger partial charge is 0.361 e. The van der Waals surface area contributed by atoms with Crippen LogP contribution in [0.5, 0.6) is 0 Å². The fraction of sp³-hybridized carbons (Fsp3) is 0.667. The molecule has 0 radical (unpaired) electrons. The average Bonchev–Trinajstić information content (AvgIpc) is 2.61. The fourth-order valence-corrected chi connectivity index (χ4v) is 2.25. The van der Waals surface area contributed by atoms with Crippen molar-refractivity contribution < 1.29 is 9.32 Å². The normalized spacial score (nSPS) is 20.6. The van der Waals surface area contributed by atoms with Crippen LogP contribution in [0.15, 0.2) is 4.52 Å². The third-order valence-electron chi connectivity index (χ3n) is 3.32. The standard InChI is InChI=1S/C12H19N3O2/c1-8-11(9(2)17-14-8)6-12(16)15-5-3-4-10(13)7-15/h10H,3-7,13H2,1-2H3. The van der Waals surface area contributed by atoms with Crippen molar-refractivity contribution in [2.24, 2.45) is 5.73 Å². The second kappa shape index (κ2) is 4.87. The van der Waals surface area contributed by atoms with Crippen molar-refractivity contribution in [3.05, 3.63) is 17.0 Å².